The predicted octanol–water partition coefficient (Wildman–Crippen LogP) is 5.14. The van der Waals surface area contributed by atoms with Crippen LogP contribution in [-0.2, 0) is 6.54 Å². The van der Waals surface area contributed by atoms with Crippen LogP contribution in [0.2, 0.25) is 0 Å². The summed E-state index contributed by atoms with van der Waals surface area (Å²) in [6.07, 6.45) is 9.30. The van der Waals surface area contributed by atoms with Gasteiger partial charge in [-0.3, -0.25) is 15.1 Å². The first-order valence-electron chi connectivity index (χ1n) is 11.9. The molecule has 0 bridgehead atoms. The second-order valence-electron chi connectivity index (χ2n) is 9.59. The maximum Gasteiger partial charge on any atom is 0.287 e. The van der Waals surface area contributed by atoms with Gasteiger partial charge in [-0.05, 0) is 57.2 Å². The zero-order valence-electron chi connectivity index (χ0n) is 19.9. The van der Waals surface area contributed by atoms with Crippen molar-refractivity contribution < 1.29 is 4.92 Å². The van der Waals surface area contributed by atoms with E-state index in [9.17, 15) is 10.1 Å². The number of hydrogen-bond acceptors (Lipinski definition) is 7. The first-order valence-corrected chi connectivity index (χ1v) is 11.9. The molecule has 1 saturated carbocycles. The minimum absolute atomic E-state index is 0.00648. The number of nitrogens with zero attached hydrogens (tertiary/aromatic N) is 4. The summed E-state index contributed by atoms with van der Waals surface area (Å²) in [5, 5.41) is 19.2. The number of rotatable bonds is 7. The van der Waals surface area contributed by atoms with E-state index in [1.165, 1.54) is 12.3 Å². The topological polar surface area (TPSA) is 122 Å². The number of pyridine rings is 1. The second kappa shape index (κ2) is 9.42. The molecular weight excluding hydrogens is 442 g/mol. The van der Waals surface area contributed by atoms with Crippen LogP contribution in [0.15, 0.2) is 55.0 Å². The Morgan fingerprint density at radius 3 is 2.86 bits per heavy atom. The lowest BCUT2D eigenvalue weighted by Crippen LogP contribution is -2.48. The van der Waals surface area contributed by atoms with E-state index >= 15 is 0 Å². The van der Waals surface area contributed by atoms with E-state index in [1.807, 2.05) is 31.5 Å². The fraction of sp³-hybridized carbons (Fsp3) is 0.346. The van der Waals surface area contributed by atoms with Crippen molar-refractivity contribution in [2.24, 2.45) is 0 Å². The average molecular weight is 472 g/mol. The summed E-state index contributed by atoms with van der Waals surface area (Å²) in [6.45, 7) is 4.82. The largest absolute Gasteiger partial charge is 0.360 e. The third-order valence-corrected chi connectivity index (χ3v) is 6.84. The van der Waals surface area contributed by atoms with Gasteiger partial charge in [0.2, 0.25) is 5.95 Å². The van der Waals surface area contributed by atoms with Crippen molar-refractivity contribution >= 4 is 22.5 Å². The molecule has 35 heavy (non-hydrogen) atoms. The molecule has 3 heterocycles. The van der Waals surface area contributed by atoms with Crippen molar-refractivity contribution in [3.63, 3.8) is 0 Å². The third-order valence-electron chi connectivity index (χ3n) is 6.84. The quantitative estimate of drug-likeness (QED) is 0.252. The predicted molar refractivity (Wildman–Crippen MR) is 136 cm³/mol. The molecule has 3 N–H and O–H groups in total. The fourth-order valence-electron chi connectivity index (χ4n) is 4.94. The summed E-state index contributed by atoms with van der Waals surface area (Å²) in [5.41, 5.74) is 4.85. The van der Waals surface area contributed by atoms with Crippen LogP contribution in [0.5, 0.6) is 0 Å². The number of benzene rings is 1. The summed E-state index contributed by atoms with van der Waals surface area (Å²) in [7, 11) is 0. The number of fused-ring (bicyclic) bond motifs is 1. The molecule has 1 aliphatic rings. The number of anilines is 1. The Kier molecular flexibility index (Phi) is 6.17. The minimum atomic E-state index is -0.431. The smallest absolute Gasteiger partial charge is 0.287 e. The Morgan fingerprint density at radius 2 is 2.06 bits per heavy atom. The monoisotopic (exact) mass is 471 g/mol. The van der Waals surface area contributed by atoms with E-state index in [0.717, 1.165) is 59.1 Å². The molecule has 0 saturated heterocycles. The van der Waals surface area contributed by atoms with Crippen LogP contribution in [0, 0.1) is 17.0 Å². The first-order chi connectivity index (χ1) is 16.9. The van der Waals surface area contributed by atoms with E-state index in [1.54, 1.807) is 6.07 Å². The van der Waals surface area contributed by atoms with Gasteiger partial charge in [-0.2, -0.15) is 0 Å². The Hall–Kier alpha value is -3.85. The number of aryl methyl sites for hydroxylation is 1. The number of nitro groups is 1. The molecule has 1 aromatic carbocycles. The van der Waals surface area contributed by atoms with Gasteiger partial charge in [-0.15, -0.1) is 0 Å². The van der Waals surface area contributed by atoms with Gasteiger partial charge in [0.15, 0.2) is 0 Å². The van der Waals surface area contributed by atoms with Crippen molar-refractivity contribution in [3.05, 3.63) is 76.4 Å². The van der Waals surface area contributed by atoms with Crippen LogP contribution < -0.4 is 10.6 Å². The maximum atomic E-state index is 10.9. The van der Waals surface area contributed by atoms with Gasteiger partial charge >= 0.3 is 0 Å². The molecule has 1 aliphatic carbocycles. The fourth-order valence-corrected chi connectivity index (χ4v) is 4.94. The van der Waals surface area contributed by atoms with Gasteiger partial charge in [-0.1, -0.05) is 18.2 Å². The molecule has 0 radical (unpaired) electrons. The maximum absolute atomic E-state index is 10.9. The molecule has 0 aliphatic heterocycles. The minimum Gasteiger partial charge on any atom is -0.360 e. The molecule has 5 rings (SSSR count). The van der Waals surface area contributed by atoms with Gasteiger partial charge < -0.3 is 15.6 Å². The van der Waals surface area contributed by atoms with Gasteiger partial charge in [0.25, 0.3) is 5.69 Å². The van der Waals surface area contributed by atoms with Crippen LogP contribution in [0.4, 0.5) is 11.6 Å². The molecular formula is C26H29N7O2. The lowest BCUT2D eigenvalue weighted by atomic mass is 9.80. The van der Waals surface area contributed by atoms with Gasteiger partial charge in [0.1, 0.15) is 6.20 Å². The van der Waals surface area contributed by atoms with E-state index in [2.05, 4.69) is 44.6 Å². The highest BCUT2D eigenvalue weighted by atomic mass is 16.6. The number of aromatic nitrogens is 4. The molecule has 3 aromatic heterocycles. The molecule has 0 amide bonds. The summed E-state index contributed by atoms with van der Waals surface area (Å²) >= 11 is 0. The van der Waals surface area contributed by atoms with E-state index in [4.69, 9.17) is 4.98 Å². The number of para-hydroxylation sites is 1. The molecule has 9 nitrogen and oxygen atoms in total. The van der Waals surface area contributed by atoms with Crippen LogP contribution in [-0.4, -0.2) is 36.4 Å². The standard InChI is InChI=1S/C26H29N7O2/c1-17-13-29-25(32-24(17)22-16-28-23-8-4-3-7-21(22)23)31-18-6-5-11-26(2,12-18)30-14-19-9-10-20(15-27-19)33(34)35/h3-4,7-10,13,15-16,18,28,30H,5-6,11-12,14H2,1-2H3,(H,29,31,32)/t18-,26+/m1/s1. The zero-order chi connectivity index (χ0) is 24.4. The van der Waals surface area contributed by atoms with Crippen molar-refractivity contribution in [1.29, 1.82) is 0 Å². The molecule has 2 atom stereocenters. The highest BCUT2D eigenvalue weighted by molar-refractivity contribution is 5.95. The van der Waals surface area contributed by atoms with E-state index in [0.29, 0.717) is 12.5 Å². The van der Waals surface area contributed by atoms with Crippen LogP contribution in [0.3, 0.4) is 0 Å². The Bertz CT molecular complexity index is 1350. The first kappa shape index (κ1) is 22.9. The summed E-state index contributed by atoms with van der Waals surface area (Å²) in [6, 6.07) is 11.7. The van der Waals surface area contributed by atoms with Crippen LogP contribution in [0.25, 0.3) is 22.2 Å². The molecule has 1 fully saturated rings. The zero-order valence-corrected chi connectivity index (χ0v) is 19.9. The molecule has 0 spiro atoms. The lowest BCUT2D eigenvalue weighted by Gasteiger charge is -2.39. The Balaban J connectivity index is 1.27. The van der Waals surface area contributed by atoms with Crippen LogP contribution in [0.1, 0.15) is 43.9 Å². The second-order valence-corrected chi connectivity index (χ2v) is 9.59. The summed E-state index contributed by atoms with van der Waals surface area (Å²) in [4.78, 5) is 27.4. The highest BCUT2D eigenvalue weighted by Crippen LogP contribution is 2.32. The molecule has 4 aromatic rings. The number of hydrogen-bond donors (Lipinski definition) is 3. The highest BCUT2D eigenvalue weighted by Gasteiger charge is 2.32. The normalized spacial score (nSPS) is 20.1. The average Bonchev–Trinajstić information content (AvgIpc) is 3.28. The number of nitrogens with one attached hydrogen (secondary N) is 3. The van der Waals surface area contributed by atoms with Crippen LogP contribution >= 0.6 is 0 Å². The Labute approximate surface area is 203 Å². The van der Waals surface area contributed by atoms with E-state index < -0.39 is 4.92 Å². The van der Waals surface area contributed by atoms with Gasteiger partial charge in [0, 0.05) is 53.1 Å². The SMILES string of the molecule is Cc1cnc(N[C@@H]2CCC[C@](C)(NCc3ccc([N+](=O)[O-])cn3)C2)nc1-c1c[nH]c2ccccc12. The van der Waals surface area contributed by atoms with Gasteiger partial charge in [0.05, 0.1) is 16.3 Å². The summed E-state index contributed by atoms with van der Waals surface area (Å²) < 4.78 is 0. The van der Waals surface area contributed by atoms with Crippen molar-refractivity contribution in [2.75, 3.05) is 5.32 Å². The lowest BCUT2D eigenvalue weighted by molar-refractivity contribution is -0.385. The third kappa shape index (κ3) is 5.00. The molecule has 9 heteroatoms. The van der Waals surface area contributed by atoms with Crippen molar-refractivity contribution in [2.45, 2.75) is 57.7 Å². The number of H-pyrrole nitrogens is 1. The van der Waals surface area contributed by atoms with E-state index in [-0.39, 0.29) is 17.3 Å². The van der Waals surface area contributed by atoms with Crippen molar-refractivity contribution in [1.82, 2.24) is 25.3 Å². The molecule has 180 valence electrons. The Morgan fingerprint density at radius 1 is 1.20 bits per heavy atom. The number of aromatic amines is 1. The molecule has 0 unspecified atom stereocenters. The van der Waals surface area contributed by atoms with Crippen molar-refractivity contribution in [3.8, 4) is 11.3 Å². The summed E-state index contributed by atoms with van der Waals surface area (Å²) in [5.74, 6) is 0.641. The van der Waals surface area contributed by atoms with Gasteiger partial charge in [-0.25, -0.2) is 9.97 Å².